The minimum absolute atomic E-state index is 0.192. The van der Waals surface area contributed by atoms with E-state index in [4.69, 9.17) is 4.74 Å². The summed E-state index contributed by atoms with van der Waals surface area (Å²) in [4.78, 5) is 16.4. The number of carbonyl (C=O) groups excluding carboxylic acids is 1. The summed E-state index contributed by atoms with van der Waals surface area (Å²) in [6, 6.07) is 0.443. The lowest BCUT2D eigenvalue weighted by atomic mass is 9.55. The maximum atomic E-state index is 11.7. The molecule has 1 spiro atoms. The number of guanidine groups is 1. The van der Waals surface area contributed by atoms with Crippen molar-refractivity contribution in [1.82, 2.24) is 16.0 Å². The van der Waals surface area contributed by atoms with Crippen molar-refractivity contribution in [2.24, 2.45) is 16.3 Å². The first-order chi connectivity index (χ1) is 12.7. The molecule has 6 heteroatoms. The molecule has 0 bridgehead atoms. The highest BCUT2D eigenvalue weighted by Gasteiger charge is 2.55. The van der Waals surface area contributed by atoms with Gasteiger partial charge in [-0.25, -0.2) is 0 Å². The number of ether oxygens (including phenoxy) is 1. The lowest BCUT2D eigenvalue weighted by Gasteiger charge is -2.58. The molecule has 3 aliphatic rings. The highest BCUT2D eigenvalue weighted by Crippen LogP contribution is 2.53. The number of nitrogens with zero attached hydrogens (tertiary/aromatic N) is 1. The second-order valence-electron chi connectivity index (χ2n) is 8.00. The van der Waals surface area contributed by atoms with Gasteiger partial charge in [-0.15, -0.1) is 0 Å². The van der Waals surface area contributed by atoms with Crippen LogP contribution in [0.15, 0.2) is 4.99 Å². The molecule has 3 fully saturated rings. The first kappa shape index (κ1) is 19.5. The quantitative estimate of drug-likeness (QED) is 0.351. The van der Waals surface area contributed by atoms with Crippen molar-refractivity contribution in [1.29, 1.82) is 0 Å². The van der Waals surface area contributed by atoms with Crippen LogP contribution in [0.1, 0.15) is 65.2 Å². The van der Waals surface area contributed by atoms with Crippen molar-refractivity contribution in [3.05, 3.63) is 0 Å². The van der Waals surface area contributed by atoms with Gasteiger partial charge in [-0.1, -0.05) is 19.3 Å². The van der Waals surface area contributed by atoms with E-state index in [9.17, 15) is 4.79 Å². The van der Waals surface area contributed by atoms with Gasteiger partial charge in [0.1, 0.15) is 0 Å². The smallest absolute Gasteiger partial charge is 0.223 e. The molecule has 0 aliphatic heterocycles. The minimum atomic E-state index is 0.192. The molecular formula is C20H36N4O2. The van der Waals surface area contributed by atoms with Gasteiger partial charge in [0.2, 0.25) is 5.91 Å². The Kier molecular flexibility index (Phi) is 6.79. The van der Waals surface area contributed by atoms with E-state index in [0.29, 0.717) is 25.2 Å². The van der Waals surface area contributed by atoms with Crippen molar-refractivity contribution in [2.45, 2.75) is 77.4 Å². The fourth-order valence-electron chi connectivity index (χ4n) is 4.59. The lowest BCUT2D eigenvalue weighted by Crippen LogP contribution is -2.66. The number of carbonyl (C=O) groups is 1. The molecule has 6 nitrogen and oxygen atoms in total. The van der Waals surface area contributed by atoms with Crippen molar-refractivity contribution >= 4 is 11.9 Å². The second-order valence-corrected chi connectivity index (χ2v) is 8.00. The first-order valence-electron chi connectivity index (χ1n) is 10.6. The molecule has 3 N–H and O–H groups in total. The Bertz CT molecular complexity index is 498. The molecule has 148 valence electrons. The Morgan fingerprint density at radius 3 is 2.58 bits per heavy atom. The largest absolute Gasteiger partial charge is 0.378 e. The van der Waals surface area contributed by atoms with Crippen LogP contribution in [0.2, 0.25) is 0 Å². The Labute approximate surface area is 157 Å². The molecule has 0 radical (unpaired) electrons. The van der Waals surface area contributed by atoms with Crippen LogP contribution in [0, 0.1) is 11.3 Å². The van der Waals surface area contributed by atoms with Gasteiger partial charge in [0.15, 0.2) is 5.96 Å². The zero-order valence-electron chi connectivity index (χ0n) is 16.5. The van der Waals surface area contributed by atoms with Gasteiger partial charge in [-0.05, 0) is 46.0 Å². The second kappa shape index (κ2) is 9.07. The molecular weight excluding hydrogens is 328 g/mol. The summed E-state index contributed by atoms with van der Waals surface area (Å²) in [7, 11) is 0. The third-order valence-corrected chi connectivity index (χ3v) is 6.22. The van der Waals surface area contributed by atoms with Crippen LogP contribution in [-0.4, -0.2) is 50.3 Å². The van der Waals surface area contributed by atoms with Gasteiger partial charge in [-0.2, -0.15) is 0 Å². The number of hydrogen-bond donors (Lipinski definition) is 3. The number of nitrogens with one attached hydrogen (secondary N) is 3. The maximum Gasteiger partial charge on any atom is 0.223 e. The summed E-state index contributed by atoms with van der Waals surface area (Å²) in [5, 5.41) is 10.0. The zero-order valence-corrected chi connectivity index (χ0v) is 16.5. The van der Waals surface area contributed by atoms with Crippen molar-refractivity contribution in [3.8, 4) is 0 Å². The fourth-order valence-corrected chi connectivity index (χ4v) is 4.59. The first-order valence-corrected chi connectivity index (χ1v) is 10.6. The summed E-state index contributed by atoms with van der Waals surface area (Å²) in [6.45, 7) is 7.06. The standard InChI is InChI=1S/C20H36N4O2/c1-3-21-19(23-13-12-22-18(25)15-8-9-15)24-16-14-17(26-4-2)20(16)10-6-5-7-11-20/h15-17H,3-14H2,1-2H3,(H,22,25)(H2,21,23,24). The van der Waals surface area contributed by atoms with Gasteiger partial charge < -0.3 is 20.7 Å². The molecule has 2 atom stereocenters. The van der Waals surface area contributed by atoms with E-state index >= 15 is 0 Å². The number of amides is 1. The molecule has 0 aromatic heterocycles. The Morgan fingerprint density at radius 1 is 1.15 bits per heavy atom. The van der Waals surface area contributed by atoms with Crippen LogP contribution in [0.4, 0.5) is 0 Å². The van der Waals surface area contributed by atoms with Crippen LogP contribution < -0.4 is 16.0 Å². The monoisotopic (exact) mass is 364 g/mol. The predicted molar refractivity (Wildman–Crippen MR) is 104 cm³/mol. The summed E-state index contributed by atoms with van der Waals surface area (Å²) in [5.74, 6) is 1.33. The van der Waals surface area contributed by atoms with E-state index in [0.717, 1.165) is 38.4 Å². The fraction of sp³-hybridized carbons (Fsp3) is 0.900. The number of aliphatic imine (C=N–C) groups is 1. The van der Waals surface area contributed by atoms with Gasteiger partial charge in [0, 0.05) is 37.1 Å². The zero-order chi connectivity index (χ0) is 18.4. The molecule has 3 aliphatic carbocycles. The van der Waals surface area contributed by atoms with Gasteiger partial charge in [0.05, 0.1) is 12.6 Å². The third-order valence-electron chi connectivity index (χ3n) is 6.22. The minimum Gasteiger partial charge on any atom is -0.378 e. The Balaban J connectivity index is 1.52. The molecule has 3 rings (SSSR count). The summed E-state index contributed by atoms with van der Waals surface area (Å²) < 4.78 is 6.05. The van der Waals surface area contributed by atoms with E-state index in [1.807, 2.05) is 0 Å². The van der Waals surface area contributed by atoms with Crippen LogP contribution >= 0.6 is 0 Å². The van der Waals surface area contributed by atoms with E-state index in [1.54, 1.807) is 0 Å². The molecule has 1 amide bonds. The number of hydrogen-bond acceptors (Lipinski definition) is 3. The van der Waals surface area contributed by atoms with E-state index in [1.165, 1.54) is 32.1 Å². The SMILES string of the molecule is CCNC(=NCCNC(=O)C1CC1)NC1CC(OCC)C12CCCCC2. The van der Waals surface area contributed by atoms with Gasteiger partial charge in [0.25, 0.3) is 0 Å². The molecule has 0 heterocycles. The van der Waals surface area contributed by atoms with E-state index in [-0.39, 0.29) is 17.2 Å². The summed E-state index contributed by atoms with van der Waals surface area (Å²) in [6.07, 6.45) is 10.0. The van der Waals surface area contributed by atoms with Gasteiger partial charge in [-0.3, -0.25) is 9.79 Å². The van der Waals surface area contributed by atoms with Gasteiger partial charge >= 0.3 is 0 Å². The highest BCUT2D eigenvalue weighted by atomic mass is 16.5. The van der Waals surface area contributed by atoms with Crippen LogP contribution in [0.3, 0.4) is 0 Å². The molecule has 0 aromatic rings. The van der Waals surface area contributed by atoms with Crippen LogP contribution in [0.25, 0.3) is 0 Å². The van der Waals surface area contributed by atoms with Crippen molar-refractivity contribution in [3.63, 3.8) is 0 Å². The third kappa shape index (κ3) is 4.51. The molecule has 26 heavy (non-hydrogen) atoms. The highest BCUT2D eigenvalue weighted by molar-refractivity contribution is 5.81. The molecule has 0 aromatic carbocycles. The topological polar surface area (TPSA) is 74.8 Å². The predicted octanol–water partition coefficient (Wildman–Crippen LogP) is 2.20. The van der Waals surface area contributed by atoms with E-state index in [2.05, 4.69) is 34.8 Å². The lowest BCUT2D eigenvalue weighted by molar-refractivity contribution is -0.145. The Morgan fingerprint density at radius 2 is 1.92 bits per heavy atom. The Hall–Kier alpha value is -1.30. The number of rotatable bonds is 8. The average Bonchev–Trinajstić information content (AvgIpc) is 3.50. The molecule has 2 unspecified atom stereocenters. The summed E-state index contributed by atoms with van der Waals surface area (Å²) >= 11 is 0. The average molecular weight is 365 g/mol. The van der Waals surface area contributed by atoms with E-state index < -0.39 is 0 Å². The molecule has 0 saturated heterocycles. The normalized spacial score (nSPS) is 27.7. The van der Waals surface area contributed by atoms with Crippen LogP contribution in [-0.2, 0) is 9.53 Å². The maximum absolute atomic E-state index is 11.7. The molecule has 3 saturated carbocycles. The van der Waals surface area contributed by atoms with Crippen molar-refractivity contribution in [2.75, 3.05) is 26.2 Å². The van der Waals surface area contributed by atoms with Crippen LogP contribution in [0.5, 0.6) is 0 Å². The summed E-state index contributed by atoms with van der Waals surface area (Å²) in [5.41, 5.74) is 0.282. The van der Waals surface area contributed by atoms with Crippen molar-refractivity contribution < 1.29 is 9.53 Å².